The maximum absolute atomic E-state index is 14.6. The van der Waals surface area contributed by atoms with Crippen LogP contribution in [-0.2, 0) is 32.6 Å². The fraction of sp³-hybridized carbons (Fsp3) is 0.316. The van der Waals surface area contributed by atoms with Gasteiger partial charge in [-0.25, -0.2) is 8.42 Å². The van der Waals surface area contributed by atoms with Gasteiger partial charge >= 0.3 is 0 Å². The Kier molecular flexibility index (Phi) is 11.4. The Morgan fingerprint density at radius 3 is 1.85 bits per heavy atom. The number of hydrogen-bond acceptors (Lipinski definition) is 4. The van der Waals surface area contributed by atoms with E-state index in [1.54, 1.807) is 36.4 Å². The lowest BCUT2D eigenvalue weighted by Gasteiger charge is -2.34. The Bertz CT molecular complexity index is 1720. The Morgan fingerprint density at radius 2 is 1.28 bits per heavy atom. The number of amides is 2. The Morgan fingerprint density at radius 1 is 0.717 bits per heavy atom. The lowest BCUT2D eigenvalue weighted by atomic mass is 10.0. The second kappa shape index (κ2) is 15.2. The molecule has 242 valence electrons. The third kappa shape index (κ3) is 9.07. The van der Waals surface area contributed by atoms with Gasteiger partial charge in [0.25, 0.3) is 10.0 Å². The predicted octanol–water partition coefficient (Wildman–Crippen LogP) is 6.53. The van der Waals surface area contributed by atoms with Gasteiger partial charge in [-0.15, -0.1) is 0 Å². The van der Waals surface area contributed by atoms with Gasteiger partial charge in [-0.2, -0.15) is 0 Å². The third-order valence-corrected chi connectivity index (χ3v) is 9.60. The lowest BCUT2D eigenvalue weighted by Crippen LogP contribution is -2.53. The van der Waals surface area contributed by atoms with Gasteiger partial charge in [0.2, 0.25) is 11.8 Å². The first-order valence-electron chi connectivity index (χ1n) is 15.7. The highest BCUT2D eigenvalue weighted by Crippen LogP contribution is 2.27. The van der Waals surface area contributed by atoms with Crippen molar-refractivity contribution >= 4 is 27.5 Å². The van der Waals surface area contributed by atoms with Crippen molar-refractivity contribution in [2.24, 2.45) is 5.92 Å². The topological polar surface area (TPSA) is 86.8 Å². The largest absolute Gasteiger partial charge is 0.354 e. The van der Waals surface area contributed by atoms with Crippen molar-refractivity contribution in [2.45, 2.75) is 65.4 Å². The van der Waals surface area contributed by atoms with Crippen LogP contribution >= 0.6 is 0 Å². The van der Waals surface area contributed by atoms with E-state index < -0.39 is 28.5 Å². The van der Waals surface area contributed by atoms with Gasteiger partial charge in [0, 0.05) is 19.5 Å². The standard InChI is InChI=1S/C38H45N3O4S/c1-27(2)24-39-38(43)36(23-32-10-8-7-9-11-32)40(25-33-16-12-28(3)13-17-33)37(42)26-41(34-21-30(5)20-31(6)22-34)46(44,45)35-18-14-29(4)15-19-35/h7-22,27,36H,23-26H2,1-6H3,(H,39,43). The fourth-order valence-corrected chi connectivity index (χ4v) is 6.73. The molecule has 8 heteroatoms. The maximum Gasteiger partial charge on any atom is 0.264 e. The molecule has 4 aromatic rings. The second-order valence-electron chi connectivity index (χ2n) is 12.5. The van der Waals surface area contributed by atoms with Crippen molar-refractivity contribution in [2.75, 3.05) is 17.4 Å². The van der Waals surface area contributed by atoms with Crippen LogP contribution in [0.1, 0.15) is 47.2 Å². The molecule has 0 bridgehead atoms. The molecule has 2 amide bonds. The van der Waals surface area contributed by atoms with Crippen molar-refractivity contribution in [3.8, 4) is 0 Å². The molecule has 0 fully saturated rings. The molecule has 0 aromatic heterocycles. The van der Waals surface area contributed by atoms with E-state index in [4.69, 9.17) is 0 Å². The molecule has 0 saturated carbocycles. The number of nitrogens with one attached hydrogen (secondary N) is 1. The molecular weight excluding hydrogens is 595 g/mol. The van der Waals surface area contributed by atoms with E-state index in [1.165, 1.54) is 9.21 Å². The van der Waals surface area contributed by atoms with Gasteiger partial charge in [0.1, 0.15) is 12.6 Å². The Labute approximate surface area is 274 Å². The molecule has 0 spiro atoms. The van der Waals surface area contributed by atoms with Gasteiger partial charge in [-0.3, -0.25) is 13.9 Å². The molecule has 0 saturated heterocycles. The summed E-state index contributed by atoms with van der Waals surface area (Å²) in [6, 6.07) is 28.6. The van der Waals surface area contributed by atoms with Crippen LogP contribution < -0.4 is 9.62 Å². The fourth-order valence-electron chi connectivity index (χ4n) is 5.33. The molecule has 46 heavy (non-hydrogen) atoms. The molecule has 1 unspecified atom stereocenters. The average Bonchev–Trinajstić information content (AvgIpc) is 3.01. The third-order valence-electron chi connectivity index (χ3n) is 7.81. The minimum atomic E-state index is -4.15. The monoisotopic (exact) mass is 639 g/mol. The molecule has 0 radical (unpaired) electrons. The highest BCUT2D eigenvalue weighted by Gasteiger charge is 2.34. The molecule has 0 heterocycles. The van der Waals surface area contributed by atoms with Crippen LogP contribution in [0.2, 0.25) is 0 Å². The first-order chi connectivity index (χ1) is 21.8. The highest BCUT2D eigenvalue weighted by molar-refractivity contribution is 7.92. The van der Waals surface area contributed by atoms with Gasteiger partial charge in [-0.05, 0) is 80.1 Å². The number of aryl methyl sites for hydroxylation is 4. The predicted molar refractivity (Wildman–Crippen MR) is 185 cm³/mol. The summed E-state index contributed by atoms with van der Waals surface area (Å²) in [6.45, 7) is 11.8. The molecule has 0 aliphatic rings. The number of sulfonamides is 1. The summed E-state index contributed by atoms with van der Waals surface area (Å²) in [5.41, 5.74) is 5.87. The number of nitrogens with zero attached hydrogens (tertiary/aromatic N) is 2. The highest BCUT2D eigenvalue weighted by atomic mass is 32.2. The Hall–Kier alpha value is -4.43. The zero-order chi connectivity index (χ0) is 33.4. The maximum atomic E-state index is 14.6. The zero-order valence-electron chi connectivity index (χ0n) is 27.7. The molecule has 1 N–H and O–H groups in total. The van der Waals surface area contributed by atoms with Crippen LogP contribution in [0, 0.1) is 33.6 Å². The second-order valence-corrected chi connectivity index (χ2v) is 14.4. The molecular formula is C38H45N3O4S. The molecule has 7 nitrogen and oxygen atoms in total. The van der Waals surface area contributed by atoms with E-state index in [2.05, 4.69) is 5.32 Å². The summed E-state index contributed by atoms with van der Waals surface area (Å²) in [5, 5.41) is 3.03. The van der Waals surface area contributed by atoms with Crippen LogP contribution in [0.4, 0.5) is 5.69 Å². The summed E-state index contributed by atoms with van der Waals surface area (Å²) in [5.74, 6) is -0.546. The van der Waals surface area contributed by atoms with Crippen molar-refractivity contribution < 1.29 is 18.0 Å². The van der Waals surface area contributed by atoms with E-state index >= 15 is 0 Å². The number of rotatable bonds is 13. The summed E-state index contributed by atoms with van der Waals surface area (Å²) in [7, 11) is -4.15. The summed E-state index contributed by atoms with van der Waals surface area (Å²) in [4.78, 5) is 30.1. The summed E-state index contributed by atoms with van der Waals surface area (Å²) < 4.78 is 29.7. The molecule has 4 rings (SSSR count). The van der Waals surface area contributed by atoms with Gasteiger partial charge < -0.3 is 10.2 Å². The van der Waals surface area contributed by atoms with Gasteiger partial charge in [-0.1, -0.05) is 97.8 Å². The van der Waals surface area contributed by atoms with Gasteiger partial charge in [0.05, 0.1) is 10.6 Å². The lowest BCUT2D eigenvalue weighted by molar-refractivity contribution is -0.140. The zero-order valence-corrected chi connectivity index (χ0v) is 28.5. The molecule has 4 aromatic carbocycles. The normalized spacial score (nSPS) is 12.1. The van der Waals surface area contributed by atoms with Crippen molar-refractivity contribution in [3.63, 3.8) is 0 Å². The number of hydrogen-bond donors (Lipinski definition) is 1. The van der Waals surface area contributed by atoms with Crippen LogP contribution in [0.25, 0.3) is 0 Å². The number of anilines is 1. The van der Waals surface area contributed by atoms with E-state index in [-0.39, 0.29) is 29.7 Å². The minimum Gasteiger partial charge on any atom is -0.354 e. The van der Waals surface area contributed by atoms with Crippen LogP contribution in [0.5, 0.6) is 0 Å². The first-order valence-corrected chi connectivity index (χ1v) is 17.1. The van der Waals surface area contributed by atoms with E-state index in [9.17, 15) is 18.0 Å². The van der Waals surface area contributed by atoms with Crippen LogP contribution in [0.3, 0.4) is 0 Å². The summed E-state index contributed by atoms with van der Waals surface area (Å²) >= 11 is 0. The van der Waals surface area contributed by atoms with E-state index in [1.807, 2.05) is 102 Å². The number of benzene rings is 4. The number of carbonyl (C=O) groups is 2. The minimum absolute atomic E-state index is 0.0886. The quantitative estimate of drug-likeness (QED) is 0.180. The van der Waals surface area contributed by atoms with Gasteiger partial charge in [0.15, 0.2) is 0 Å². The van der Waals surface area contributed by atoms with E-state index in [0.717, 1.165) is 33.4 Å². The van der Waals surface area contributed by atoms with Crippen LogP contribution in [0.15, 0.2) is 102 Å². The molecule has 0 aliphatic heterocycles. The first kappa shape index (κ1) is 34.4. The smallest absolute Gasteiger partial charge is 0.264 e. The summed E-state index contributed by atoms with van der Waals surface area (Å²) in [6.07, 6.45) is 0.274. The Balaban J connectivity index is 1.82. The van der Waals surface area contributed by atoms with Crippen molar-refractivity contribution in [1.29, 1.82) is 0 Å². The van der Waals surface area contributed by atoms with Crippen molar-refractivity contribution in [1.82, 2.24) is 10.2 Å². The number of carbonyl (C=O) groups excluding carboxylic acids is 2. The average molecular weight is 640 g/mol. The van der Waals surface area contributed by atoms with E-state index in [0.29, 0.717) is 12.2 Å². The SMILES string of the molecule is Cc1ccc(CN(C(=O)CN(c2cc(C)cc(C)c2)S(=O)(=O)c2ccc(C)cc2)C(Cc2ccccc2)C(=O)NCC(C)C)cc1. The van der Waals surface area contributed by atoms with Crippen molar-refractivity contribution in [3.05, 3.63) is 130 Å². The molecule has 1 atom stereocenters. The van der Waals surface area contributed by atoms with Crippen LogP contribution in [-0.4, -0.2) is 44.3 Å². The molecule has 0 aliphatic carbocycles.